The molecule has 0 aliphatic carbocycles. The second-order valence-electron chi connectivity index (χ2n) is 10.7. The van der Waals surface area contributed by atoms with Crippen LogP contribution in [0.4, 0.5) is 22.7 Å². The molecule has 0 saturated heterocycles. The number of hydrogen-bond donors (Lipinski definition) is 0. The van der Waals surface area contributed by atoms with Gasteiger partial charge in [-0.2, -0.15) is 10.5 Å². The highest BCUT2D eigenvalue weighted by Crippen LogP contribution is 2.33. The van der Waals surface area contributed by atoms with Gasteiger partial charge in [-0.3, -0.25) is 0 Å². The summed E-state index contributed by atoms with van der Waals surface area (Å²) in [6, 6.07) is 36.9. The Morgan fingerprint density at radius 2 is 1.10 bits per heavy atom. The van der Waals surface area contributed by atoms with Crippen molar-refractivity contribution < 1.29 is 9.47 Å². The second-order valence-corrected chi connectivity index (χ2v) is 10.7. The third-order valence-electron chi connectivity index (χ3n) is 7.59. The van der Waals surface area contributed by atoms with E-state index in [0.717, 1.165) is 43.0 Å². The summed E-state index contributed by atoms with van der Waals surface area (Å²) < 4.78 is 11.7. The van der Waals surface area contributed by atoms with Crippen LogP contribution in [0.25, 0.3) is 0 Å². The summed E-state index contributed by atoms with van der Waals surface area (Å²) >= 11 is 0. The molecule has 0 aromatic heterocycles. The van der Waals surface area contributed by atoms with Gasteiger partial charge in [0.2, 0.25) is 0 Å². The average molecular weight is 557 g/mol. The van der Waals surface area contributed by atoms with Crippen molar-refractivity contribution in [2.24, 2.45) is 0 Å². The fourth-order valence-corrected chi connectivity index (χ4v) is 5.56. The van der Waals surface area contributed by atoms with Crippen LogP contribution in [-0.2, 0) is 22.3 Å². The summed E-state index contributed by atoms with van der Waals surface area (Å²) in [5, 5.41) is 18.3. The number of anilines is 4. The van der Waals surface area contributed by atoms with E-state index in [9.17, 15) is 5.26 Å². The Labute approximate surface area is 249 Å². The van der Waals surface area contributed by atoms with Gasteiger partial charge in [0.25, 0.3) is 0 Å². The van der Waals surface area contributed by atoms with E-state index < -0.39 is 0 Å². The van der Waals surface area contributed by atoms with Gasteiger partial charge >= 0.3 is 0 Å². The Morgan fingerprint density at radius 3 is 1.67 bits per heavy atom. The Bertz CT molecular complexity index is 1560. The van der Waals surface area contributed by atoms with Gasteiger partial charge in [-0.15, -0.1) is 0 Å². The maximum atomic E-state index is 9.18. The van der Waals surface area contributed by atoms with Crippen LogP contribution in [0.2, 0.25) is 0 Å². The van der Waals surface area contributed by atoms with E-state index in [1.54, 1.807) is 0 Å². The van der Waals surface area contributed by atoms with Crippen LogP contribution in [-0.4, -0.2) is 38.5 Å². The van der Waals surface area contributed by atoms with Crippen LogP contribution < -0.4 is 9.80 Å². The van der Waals surface area contributed by atoms with E-state index in [-0.39, 0.29) is 12.2 Å². The minimum absolute atomic E-state index is 0.176. The first-order valence-corrected chi connectivity index (χ1v) is 14.5. The molecule has 2 heterocycles. The first-order chi connectivity index (χ1) is 20.6. The molecule has 2 aliphatic heterocycles. The fourth-order valence-electron chi connectivity index (χ4n) is 5.56. The minimum atomic E-state index is 0.176. The number of fused-ring (bicyclic) bond motifs is 2. The lowest BCUT2D eigenvalue weighted by molar-refractivity contribution is 0.0701. The number of para-hydroxylation sites is 2. The van der Waals surface area contributed by atoms with E-state index in [1.807, 2.05) is 60.7 Å². The smallest absolute Gasteiger partial charge is 0.0992 e. The van der Waals surface area contributed by atoms with Crippen molar-refractivity contribution in [3.05, 3.63) is 119 Å². The lowest BCUT2D eigenvalue weighted by Crippen LogP contribution is -2.29. The Kier molecular flexibility index (Phi) is 9.51. The molecule has 0 radical (unpaired) electrons. The predicted octanol–water partition coefficient (Wildman–Crippen LogP) is 7.32. The molecule has 42 heavy (non-hydrogen) atoms. The van der Waals surface area contributed by atoms with E-state index in [1.165, 1.54) is 16.8 Å². The van der Waals surface area contributed by atoms with Crippen LogP contribution in [0, 0.1) is 22.7 Å². The van der Waals surface area contributed by atoms with E-state index in [0.29, 0.717) is 24.3 Å². The fraction of sp³-hybridized carbons (Fsp3) is 0.278. The maximum Gasteiger partial charge on any atom is 0.0992 e. The summed E-state index contributed by atoms with van der Waals surface area (Å²) in [5.41, 5.74) is 8.38. The molecule has 2 unspecified atom stereocenters. The van der Waals surface area contributed by atoms with Crippen LogP contribution in [0.15, 0.2) is 97.1 Å². The molecule has 2 atom stereocenters. The molecule has 0 fully saturated rings. The summed E-state index contributed by atoms with van der Waals surface area (Å²) in [6.07, 6.45) is 2.07. The largest absolute Gasteiger partial charge is 0.376 e. The normalized spacial score (nSPS) is 18.3. The minimum Gasteiger partial charge on any atom is -0.376 e. The average Bonchev–Trinajstić information content (AvgIpc) is 3.01. The van der Waals surface area contributed by atoms with Gasteiger partial charge in [-0.05, 0) is 79.6 Å². The van der Waals surface area contributed by atoms with Crippen molar-refractivity contribution in [2.75, 3.05) is 36.1 Å². The molecule has 0 spiro atoms. The lowest BCUT2D eigenvalue weighted by Gasteiger charge is -2.31. The quantitative estimate of drug-likeness (QED) is 0.258. The number of nitrogens with zero attached hydrogens (tertiary/aromatic N) is 4. The molecule has 4 aromatic rings. The van der Waals surface area contributed by atoms with Crippen LogP contribution in [0.3, 0.4) is 0 Å². The van der Waals surface area contributed by atoms with Crippen molar-refractivity contribution in [2.45, 2.75) is 38.9 Å². The van der Waals surface area contributed by atoms with Gasteiger partial charge in [0.15, 0.2) is 0 Å². The molecule has 0 amide bonds. The standard InChI is InChI=1S/2C18H18N2O/c1-14-11-16-12-15(13-19)7-8-18(16)20(9-10-21-14)17-5-3-2-4-6-17;1-14-11-16-8-7-15(13-19)12-18(16)20(9-10-21-14)17-5-3-2-4-6-17/h2*2-8,12,14H,9-11H2,1H3. The Balaban J connectivity index is 0.000000168. The van der Waals surface area contributed by atoms with Gasteiger partial charge in [0.05, 0.1) is 48.7 Å². The Morgan fingerprint density at radius 1 is 0.595 bits per heavy atom. The highest BCUT2D eigenvalue weighted by atomic mass is 16.5. The molecule has 0 bridgehead atoms. The maximum absolute atomic E-state index is 9.18. The first-order valence-electron chi connectivity index (χ1n) is 14.5. The molecule has 4 aromatic carbocycles. The SMILES string of the molecule is CC1Cc2cc(C#N)ccc2N(c2ccccc2)CCO1.CC1Cc2ccc(C#N)cc2N(c2ccccc2)CCO1. The van der Waals surface area contributed by atoms with Gasteiger partial charge in [0, 0.05) is 48.7 Å². The number of rotatable bonds is 2. The summed E-state index contributed by atoms with van der Waals surface area (Å²) in [6.45, 7) is 7.17. The molecule has 2 aliphatic rings. The number of nitriles is 2. The van der Waals surface area contributed by atoms with Crippen LogP contribution in [0.1, 0.15) is 36.1 Å². The zero-order valence-electron chi connectivity index (χ0n) is 24.2. The van der Waals surface area contributed by atoms with Crippen molar-refractivity contribution >= 4 is 22.7 Å². The Hall–Kier alpha value is -4.62. The zero-order valence-corrected chi connectivity index (χ0v) is 24.2. The summed E-state index contributed by atoms with van der Waals surface area (Å²) in [5.74, 6) is 0. The first kappa shape index (κ1) is 28.9. The van der Waals surface area contributed by atoms with Gasteiger partial charge in [0.1, 0.15) is 0 Å². The van der Waals surface area contributed by atoms with Crippen LogP contribution >= 0.6 is 0 Å². The second kappa shape index (κ2) is 13.8. The van der Waals surface area contributed by atoms with Crippen molar-refractivity contribution in [3.63, 3.8) is 0 Å². The molecular formula is C36H36N4O2. The lowest BCUT2D eigenvalue weighted by atomic mass is 10.0. The highest BCUT2D eigenvalue weighted by Gasteiger charge is 2.20. The predicted molar refractivity (Wildman–Crippen MR) is 167 cm³/mol. The zero-order chi connectivity index (χ0) is 29.3. The summed E-state index contributed by atoms with van der Waals surface area (Å²) in [4.78, 5) is 4.50. The third-order valence-corrected chi connectivity index (χ3v) is 7.59. The van der Waals surface area contributed by atoms with E-state index in [4.69, 9.17) is 14.7 Å². The topological polar surface area (TPSA) is 72.5 Å². The monoisotopic (exact) mass is 556 g/mol. The van der Waals surface area contributed by atoms with Gasteiger partial charge < -0.3 is 19.3 Å². The molecular weight excluding hydrogens is 520 g/mol. The van der Waals surface area contributed by atoms with Gasteiger partial charge in [-0.25, -0.2) is 0 Å². The molecule has 6 heteroatoms. The third kappa shape index (κ3) is 6.98. The number of hydrogen-bond acceptors (Lipinski definition) is 6. The van der Waals surface area contributed by atoms with Crippen molar-refractivity contribution in [1.82, 2.24) is 0 Å². The molecule has 212 valence electrons. The number of ether oxygens (including phenoxy) is 2. The highest BCUT2D eigenvalue weighted by molar-refractivity contribution is 5.69. The molecule has 6 nitrogen and oxygen atoms in total. The number of benzene rings is 4. The van der Waals surface area contributed by atoms with E-state index >= 15 is 0 Å². The molecule has 0 N–H and O–H groups in total. The van der Waals surface area contributed by atoms with Crippen LogP contribution in [0.5, 0.6) is 0 Å². The summed E-state index contributed by atoms with van der Waals surface area (Å²) in [7, 11) is 0. The van der Waals surface area contributed by atoms with Gasteiger partial charge in [-0.1, -0.05) is 42.5 Å². The van der Waals surface area contributed by atoms with Crippen molar-refractivity contribution in [1.29, 1.82) is 10.5 Å². The van der Waals surface area contributed by atoms with Crippen molar-refractivity contribution in [3.8, 4) is 12.1 Å². The van der Waals surface area contributed by atoms with E-state index in [2.05, 4.69) is 72.2 Å². The molecule has 6 rings (SSSR count). The molecule has 0 saturated carbocycles.